The van der Waals surface area contributed by atoms with Crippen molar-refractivity contribution in [2.24, 2.45) is 5.92 Å². The minimum Gasteiger partial charge on any atom is -0.479 e. The summed E-state index contributed by atoms with van der Waals surface area (Å²) in [6.45, 7) is 5.90. The monoisotopic (exact) mass is 358 g/mol. The number of carboxylic acid groups (broad SMARTS) is 1. The summed E-state index contributed by atoms with van der Waals surface area (Å²) in [5, 5.41) is 8.75. The van der Waals surface area contributed by atoms with E-state index >= 15 is 0 Å². The van der Waals surface area contributed by atoms with Crippen LogP contribution in [0.4, 0.5) is 0 Å². The third kappa shape index (κ3) is 5.30. The molecule has 4 nitrogen and oxygen atoms in total. The van der Waals surface area contributed by atoms with Crippen LogP contribution in [0, 0.1) is 5.92 Å². The van der Waals surface area contributed by atoms with Gasteiger partial charge in [-0.2, -0.15) is 0 Å². The summed E-state index contributed by atoms with van der Waals surface area (Å²) >= 11 is 5.53. The molecule has 94 valence electrons. The molecule has 1 N–H and O–H groups in total. The van der Waals surface area contributed by atoms with Crippen LogP contribution < -0.4 is 0 Å². The highest BCUT2D eigenvalue weighted by molar-refractivity contribution is 9.26. The molecule has 0 aliphatic heterocycles. The summed E-state index contributed by atoms with van der Waals surface area (Å²) in [4.78, 5) is 22.2. The highest BCUT2D eigenvalue weighted by Gasteiger charge is 2.43. The first-order valence-corrected chi connectivity index (χ1v) is 6.58. The van der Waals surface area contributed by atoms with Crippen LogP contribution in [0.5, 0.6) is 0 Å². The maximum Gasteiger partial charge on any atom is 0.345 e. The number of carboxylic acids is 1. The van der Waals surface area contributed by atoms with E-state index < -0.39 is 15.2 Å². The first-order valence-electron chi connectivity index (χ1n) is 5.00. The Balaban J connectivity index is 4.19. The number of aliphatic carboxylic acids is 1. The zero-order valence-electron chi connectivity index (χ0n) is 9.50. The summed E-state index contributed by atoms with van der Waals surface area (Å²) in [6, 6.07) is 0. The molecular weight excluding hydrogens is 344 g/mol. The van der Waals surface area contributed by atoms with Crippen molar-refractivity contribution < 1.29 is 19.4 Å². The minimum atomic E-state index is -1.84. The smallest absolute Gasteiger partial charge is 0.345 e. The number of rotatable bonds is 6. The molecule has 0 rings (SSSR count). The van der Waals surface area contributed by atoms with Crippen LogP contribution in [0.1, 0.15) is 33.6 Å². The number of carbonyl (C=O) groups is 2. The van der Waals surface area contributed by atoms with E-state index in [0.717, 1.165) is 12.8 Å². The van der Waals surface area contributed by atoms with Crippen molar-refractivity contribution in [2.75, 3.05) is 0 Å². The van der Waals surface area contributed by atoms with Gasteiger partial charge in [0.05, 0.1) is 6.10 Å². The molecule has 0 aromatic heterocycles. The van der Waals surface area contributed by atoms with E-state index in [1.165, 1.54) is 0 Å². The first-order chi connectivity index (χ1) is 7.17. The van der Waals surface area contributed by atoms with Crippen LogP contribution in [0.15, 0.2) is 0 Å². The number of alkyl halides is 2. The molecule has 16 heavy (non-hydrogen) atoms. The van der Waals surface area contributed by atoms with E-state index in [1.54, 1.807) is 6.92 Å². The van der Waals surface area contributed by atoms with Gasteiger partial charge in [-0.05, 0) is 57.5 Å². The van der Waals surface area contributed by atoms with Gasteiger partial charge in [-0.1, -0.05) is 13.8 Å². The molecule has 1 atom stereocenters. The van der Waals surface area contributed by atoms with Crippen molar-refractivity contribution in [3.05, 3.63) is 0 Å². The van der Waals surface area contributed by atoms with Crippen molar-refractivity contribution in [3.63, 3.8) is 0 Å². The topological polar surface area (TPSA) is 63.6 Å². The van der Waals surface area contributed by atoms with Crippen molar-refractivity contribution in [1.82, 2.24) is 0 Å². The molecule has 0 saturated heterocycles. The fourth-order valence-electron chi connectivity index (χ4n) is 0.971. The number of carbonyl (C=O) groups excluding carboxylic acids is 1. The van der Waals surface area contributed by atoms with Gasteiger partial charge in [0.25, 0.3) is 3.23 Å². The van der Waals surface area contributed by atoms with Crippen molar-refractivity contribution >= 4 is 43.8 Å². The van der Waals surface area contributed by atoms with Gasteiger partial charge in [0.1, 0.15) is 0 Å². The van der Waals surface area contributed by atoms with Crippen LogP contribution in [0.2, 0.25) is 0 Å². The Labute approximate surface area is 112 Å². The molecule has 0 aromatic carbocycles. The normalized spacial score (nSPS) is 13.6. The zero-order valence-corrected chi connectivity index (χ0v) is 12.7. The molecule has 0 heterocycles. The molecule has 0 aliphatic carbocycles. The molecule has 0 fully saturated rings. The molecule has 0 aliphatic rings. The van der Waals surface area contributed by atoms with Crippen LogP contribution in [-0.2, 0) is 14.3 Å². The highest BCUT2D eigenvalue weighted by Crippen LogP contribution is 2.29. The summed E-state index contributed by atoms with van der Waals surface area (Å²) in [6.07, 6.45) is 1.36. The molecule has 6 heteroatoms. The average Bonchev–Trinajstić information content (AvgIpc) is 2.14. The van der Waals surface area contributed by atoms with E-state index in [-0.39, 0.29) is 6.10 Å². The van der Waals surface area contributed by atoms with Gasteiger partial charge in [0, 0.05) is 0 Å². The summed E-state index contributed by atoms with van der Waals surface area (Å²) in [7, 11) is 0. The quantitative estimate of drug-likeness (QED) is 0.450. The number of hydrogen-bond donors (Lipinski definition) is 1. The van der Waals surface area contributed by atoms with Crippen LogP contribution in [0.25, 0.3) is 0 Å². The lowest BCUT2D eigenvalue weighted by Crippen LogP contribution is -2.37. The standard InChI is InChI=1S/C10H16Br2O4/c1-6(2)4-5-7(3)16-9(15)10(11,12)8(13)14/h6-7H,4-5H2,1-3H3,(H,13,14). The minimum absolute atomic E-state index is 0.288. The zero-order chi connectivity index (χ0) is 12.9. The van der Waals surface area contributed by atoms with E-state index in [2.05, 4.69) is 45.7 Å². The van der Waals surface area contributed by atoms with Gasteiger partial charge in [-0.25, -0.2) is 9.59 Å². The lowest BCUT2D eigenvalue weighted by Gasteiger charge is -2.19. The Kier molecular flexibility index (Phi) is 6.55. The highest BCUT2D eigenvalue weighted by atomic mass is 79.9. The van der Waals surface area contributed by atoms with E-state index in [0.29, 0.717) is 5.92 Å². The molecule has 0 aromatic rings. The van der Waals surface area contributed by atoms with Gasteiger partial charge < -0.3 is 9.84 Å². The van der Waals surface area contributed by atoms with Crippen LogP contribution in [-0.4, -0.2) is 26.4 Å². The maximum absolute atomic E-state index is 11.5. The van der Waals surface area contributed by atoms with Crippen LogP contribution >= 0.6 is 31.9 Å². The van der Waals surface area contributed by atoms with Crippen molar-refractivity contribution in [2.45, 2.75) is 43.0 Å². The Bertz CT molecular complexity index is 264. The Morgan fingerprint density at radius 3 is 2.12 bits per heavy atom. The predicted octanol–water partition coefficient (Wildman–Crippen LogP) is 2.93. The fraction of sp³-hybridized carbons (Fsp3) is 0.800. The fourth-order valence-corrected chi connectivity index (χ4v) is 1.16. The molecule has 0 bridgehead atoms. The van der Waals surface area contributed by atoms with E-state index in [1.807, 2.05) is 0 Å². The molecule has 1 unspecified atom stereocenters. The van der Waals surface area contributed by atoms with Crippen molar-refractivity contribution in [1.29, 1.82) is 0 Å². The van der Waals surface area contributed by atoms with E-state index in [4.69, 9.17) is 9.84 Å². The first kappa shape index (κ1) is 15.9. The van der Waals surface area contributed by atoms with Crippen molar-refractivity contribution in [3.8, 4) is 0 Å². The van der Waals surface area contributed by atoms with Gasteiger partial charge in [0.15, 0.2) is 0 Å². The Hall–Kier alpha value is -0.100. The summed E-state index contributed by atoms with van der Waals surface area (Å²) < 4.78 is 3.17. The van der Waals surface area contributed by atoms with Crippen LogP contribution in [0.3, 0.4) is 0 Å². The molecule has 0 saturated carbocycles. The predicted molar refractivity (Wildman–Crippen MR) is 67.8 cm³/mol. The van der Waals surface area contributed by atoms with Gasteiger partial charge in [-0.3, -0.25) is 0 Å². The molecule has 0 radical (unpaired) electrons. The second kappa shape index (κ2) is 6.59. The summed E-state index contributed by atoms with van der Waals surface area (Å²) in [5.74, 6) is -1.64. The number of halogens is 2. The number of ether oxygens (including phenoxy) is 1. The number of esters is 1. The van der Waals surface area contributed by atoms with Gasteiger partial charge >= 0.3 is 11.9 Å². The Morgan fingerprint density at radius 2 is 1.75 bits per heavy atom. The lowest BCUT2D eigenvalue weighted by atomic mass is 10.1. The third-order valence-electron chi connectivity index (χ3n) is 1.98. The third-order valence-corrected chi connectivity index (χ3v) is 3.31. The maximum atomic E-state index is 11.5. The van der Waals surface area contributed by atoms with Gasteiger partial charge in [0.2, 0.25) is 0 Å². The summed E-state index contributed by atoms with van der Waals surface area (Å²) in [5.41, 5.74) is 0. The molecular formula is C10H16Br2O4. The van der Waals surface area contributed by atoms with Gasteiger partial charge in [-0.15, -0.1) is 0 Å². The molecule has 0 amide bonds. The second-order valence-electron chi connectivity index (χ2n) is 4.07. The lowest BCUT2D eigenvalue weighted by molar-refractivity contribution is -0.154. The Morgan fingerprint density at radius 1 is 1.25 bits per heavy atom. The van der Waals surface area contributed by atoms with E-state index in [9.17, 15) is 9.59 Å². The average molecular weight is 360 g/mol. The molecule has 0 spiro atoms. The number of hydrogen-bond acceptors (Lipinski definition) is 3. The second-order valence-corrected chi connectivity index (χ2v) is 7.51. The SMILES string of the molecule is CC(C)CCC(C)OC(=O)C(Br)(Br)C(=O)O. The largest absolute Gasteiger partial charge is 0.479 e.